The molecule has 2 bridgehead atoms. The Morgan fingerprint density at radius 3 is 2.48 bits per heavy atom. The number of ether oxygens (including phenoxy) is 4. The van der Waals surface area contributed by atoms with Crippen LogP contribution >= 0.6 is 11.6 Å². The number of rotatable bonds is 8. The summed E-state index contributed by atoms with van der Waals surface area (Å²) in [6.07, 6.45) is 9.97. The standard InChI is InChI=1S/C43H61ClN4O7S/c1-30-8-6-17-43(54-5,28-46-18-20-47(21-19-46)36(25-52-3)26-53-4)38-13-10-34(38)24-48-27-42(16-7-9-32-22-35(44)12-14-37(32)42)29-55-40-15-11-33(23-39(40)48)41(49)45-56(50,51)31(30)2/h6,11-12,14-15,17,22-23,30-31,34,36,38H,7-10,13,16,18-21,24-29H2,1-5H3,(H,45,49)/b17-6-/t30-,31+,34-,38+,42-,43-/m0/s1. The Bertz CT molecular complexity index is 1850. The second-order valence-corrected chi connectivity index (χ2v) is 19.5. The van der Waals surface area contributed by atoms with Crippen molar-refractivity contribution in [2.75, 3.05) is 91.9 Å². The predicted molar refractivity (Wildman–Crippen MR) is 220 cm³/mol. The summed E-state index contributed by atoms with van der Waals surface area (Å²) in [5.41, 5.74) is 2.81. The Balaban J connectivity index is 1.25. The summed E-state index contributed by atoms with van der Waals surface area (Å²) in [5, 5.41) is -0.0524. The molecule has 11 nitrogen and oxygen atoms in total. The molecular weight excluding hydrogens is 752 g/mol. The van der Waals surface area contributed by atoms with Crippen LogP contribution in [0.1, 0.15) is 67.4 Å². The van der Waals surface area contributed by atoms with Crippen molar-refractivity contribution >= 4 is 33.2 Å². The van der Waals surface area contributed by atoms with E-state index < -0.39 is 26.8 Å². The molecule has 13 heteroatoms. The van der Waals surface area contributed by atoms with Gasteiger partial charge in [-0.1, -0.05) is 36.7 Å². The van der Waals surface area contributed by atoms with Crippen LogP contribution in [0.25, 0.3) is 0 Å². The maximum Gasteiger partial charge on any atom is 0.264 e. The quantitative estimate of drug-likeness (QED) is 0.341. The Hall–Kier alpha value is -2.71. The molecule has 6 atom stereocenters. The summed E-state index contributed by atoms with van der Waals surface area (Å²) in [4.78, 5) is 21.1. The van der Waals surface area contributed by atoms with Gasteiger partial charge in [0.2, 0.25) is 10.0 Å². The van der Waals surface area contributed by atoms with Crippen LogP contribution in [0.2, 0.25) is 5.02 Å². The molecule has 3 heterocycles. The number of amides is 1. The number of aryl methyl sites for hydroxylation is 1. The number of benzene rings is 2. The van der Waals surface area contributed by atoms with E-state index in [0.717, 1.165) is 82.1 Å². The Kier molecular flexibility index (Phi) is 12.8. The van der Waals surface area contributed by atoms with Gasteiger partial charge in [-0.05, 0) is 105 Å². The van der Waals surface area contributed by atoms with Crippen molar-refractivity contribution < 1.29 is 32.2 Å². The molecule has 0 aromatic heterocycles. The molecule has 1 N–H and O–H groups in total. The number of sulfonamides is 1. The highest BCUT2D eigenvalue weighted by Crippen LogP contribution is 2.49. The molecule has 7 rings (SSSR count). The first-order valence-corrected chi connectivity index (χ1v) is 22.4. The number of methoxy groups -OCH3 is 3. The molecule has 2 aromatic rings. The molecule has 5 aliphatic rings. The zero-order chi connectivity index (χ0) is 39.7. The van der Waals surface area contributed by atoms with Crippen LogP contribution in [0.15, 0.2) is 48.6 Å². The molecular formula is C43H61ClN4O7S. The molecule has 2 aromatic carbocycles. The number of halogens is 1. The summed E-state index contributed by atoms with van der Waals surface area (Å²) in [5.74, 6) is 0.387. The maximum atomic E-state index is 13.7. The summed E-state index contributed by atoms with van der Waals surface area (Å²) in [6.45, 7) is 11.2. The fraction of sp³-hybridized carbons (Fsp3) is 0.651. The van der Waals surface area contributed by atoms with Crippen molar-refractivity contribution in [3.05, 3.63) is 70.3 Å². The Morgan fingerprint density at radius 2 is 1.79 bits per heavy atom. The molecule has 0 unspecified atom stereocenters. The lowest BCUT2D eigenvalue weighted by Gasteiger charge is -2.52. The van der Waals surface area contributed by atoms with E-state index in [9.17, 15) is 13.2 Å². The van der Waals surface area contributed by atoms with Gasteiger partial charge in [0, 0.05) is 83.1 Å². The first-order valence-electron chi connectivity index (χ1n) is 20.4. The number of anilines is 1. The number of piperazine rings is 1. The van der Waals surface area contributed by atoms with Gasteiger partial charge in [-0.2, -0.15) is 0 Å². The summed E-state index contributed by atoms with van der Waals surface area (Å²) >= 11 is 6.52. The lowest BCUT2D eigenvalue weighted by molar-refractivity contribution is -0.0979. The van der Waals surface area contributed by atoms with Crippen LogP contribution in [0.5, 0.6) is 5.75 Å². The highest BCUT2D eigenvalue weighted by molar-refractivity contribution is 7.90. The minimum Gasteiger partial charge on any atom is -0.490 e. The number of fused-ring (bicyclic) bond motifs is 4. The molecule has 308 valence electrons. The first-order chi connectivity index (χ1) is 26.9. The fourth-order valence-corrected chi connectivity index (χ4v) is 11.6. The van der Waals surface area contributed by atoms with E-state index >= 15 is 0 Å². The van der Waals surface area contributed by atoms with Gasteiger partial charge in [0.05, 0.1) is 36.8 Å². The van der Waals surface area contributed by atoms with Crippen molar-refractivity contribution in [2.24, 2.45) is 17.8 Å². The summed E-state index contributed by atoms with van der Waals surface area (Å²) < 4.78 is 54.2. The van der Waals surface area contributed by atoms with Crippen LogP contribution < -0.4 is 14.4 Å². The van der Waals surface area contributed by atoms with Gasteiger partial charge in [-0.3, -0.25) is 14.6 Å². The minimum absolute atomic E-state index is 0.212. The van der Waals surface area contributed by atoms with Crippen molar-refractivity contribution in [1.29, 1.82) is 0 Å². The lowest BCUT2D eigenvalue weighted by Crippen LogP contribution is -2.60. The average molecular weight is 814 g/mol. The number of hydrogen-bond donors (Lipinski definition) is 1. The van der Waals surface area contributed by atoms with Gasteiger partial charge >= 0.3 is 0 Å². The largest absolute Gasteiger partial charge is 0.490 e. The summed E-state index contributed by atoms with van der Waals surface area (Å²) in [6, 6.07) is 11.8. The SMILES string of the molecule is COCC(COC)N1CCN(C[C@@]2(OC)/C=C\C[C@H](C)[C@@H](C)S(=O)(=O)NC(=O)c3ccc4c(c3)N(C[C@@H]3CC[C@H]32)C[C@@]2(CCCc3cc(Cl)ccc32)CO4)CC1. The Morgan fingerprint density at radius 1 is 1.02 bits per heavy atom. The van der Waals surface area contributed by atoms with Gasteiger partial charge in [0.25, 0.3) is 5.91 Å². The third-order valence-electron chi connectivity index (χ3n) is 13.7. The van der Waals surface area contributed by atoms with Crippen LogP contribution in [0, 0.1) is 17.8 Å². The first kappa shape index (κ1) is 41.4. The second-order valence-electron chi connectivity index (χ2n) is 17.1. The van der Waals surface area contributed by atoms with E-state index in [-0.39, 0.29) is 23.3 Å². The van der Waals surface area contributed by atoms with Crippen LogP contribution in [0.4, 0.5) is 5.69 Å². The van der Waals surface area contributed by atoms with E-state index in [1.165, 1.54) is 11.1 Å². The maximum absolute atomic E-state index is 13.7. The van der Waals surface area contributed by atoms with Gasteiger partial charge < -0.3 is 23.8 Å². The molecule has 2 fully saturated rings. The van der Waals surface area contributed by atoms with Crippen molar-refractivity contribution in [1.82, 2.24) is 14.5 Å². The van der Waals surface area contributed by atoms with E-state index in [4.69, 9.17) is 30.5 Å². The van der Waals surface area contributed by atoms with Crippen molar-refractivity contribution in [3.8, 4) is 5.75 Å². The van der Waals surface area contributed by atoms with Gasteiger partial charge in [0.1, 0.15) is 11.4 Å². The van der Waals surface area contributed by atoms with Crippen LogP contribution in [-0.2, 0) is 36.1 Å². The molecule has 2 aliphatic carbocycles. The molecule has 56 heavy (non-hydrogen) atoms. The molecule has 1 saturated carbocycles. The zero-order valence-electron chi connectivity index (χ0n) is 33.8. The third kappa shape index (κ3) is 8.40. The molecule has 1 spiro atoms. The highest BCUT2D eigenvalue weighted by Gasteiger charge is 2.50. The number of nitrogens with zero attached hydrogens (tertiary/aromatic N) is 3. The van der Waals surface area contributed by atoms with Crippen molar-refractivity contribution in [2.45, 2.75) is 74.7 Å². The lowest BCUT2D eigenvalue weighted by atomic mass is 9.63. The highest BCUT2D eigenvalue weighted by atomic mass is 35.5. The zero-order valence-corrected chi connectivity index (χ0v) is 35.4. The Labute approximate surface area is 339 Å². The van der Waals surface area contributed by atoms with Crippen LogP contribution in [-0.4, -0.2) is 128 Å². The summed E-state index contributed by atoms with van der Waals surface area (Å²) in [7, 11) is 1.35. The number of allylic oxidation sites excluding steroid dienone is 1. The second kappa shape index (κ2) is 17.3. The third-order valence-corrected chi connectivity index (χ3v) is 15.9. The van der Waals surface area contributed by atoms with Crippen molar-refractivity contribution in [3.63, 3.8) is 0 Å². The molecule has 1 saturated heterocycles. The van der Waals surface area contributed by atoms with E-state index in [1.54, 1.807) is 27.2 Å². The fourth-order valence-electron chi connectivity index (χ4n) is 10.1. The molecule has 1 amide bonds. The van der Waals surface area contributed by atoms with E-state index in [2.05, 4.69) is 43.7 Å². The number of nitrogens with one attached hydrogen (secondary N) is 1. The molecule has 0 radical (unpaired) electrons. The van der Waals surface area contributed by atoms with Crippen LogP contribution in [0.3, 0.4) is 0 Å². The topological polar surface area (TPSA) is 110 Å². The van der Waals surface area contributed by atoms with E-state index in [0.29, 0.717) is 50.0 Å². The number of carbonyl (C=O) groups excluding carboxylic acids is 1. The number of hydrogen-bond acceptors (Lipinski definition) is 10. The minimum atomic E-state index is -3.97. The molecule has 3 aliphatic heterocycles. The smallest absolute Gasteiger partial charge is 0.264 e. The van der Waals surface area contributed by atoms with Gasteiger partial charge in [0.15, 0.2) is 0 Å². The van der Waals surface area contributed by atoms with E-state index in [1.807, 2.05) is 32.2 Å². The normalized spacial score (nSPS) is 31.8. The number of carbonyl (C=O) groups is 1. The predicted octanol–water partition coefficient (Wildman–Crippen LogP) is 5.55. The monoisotopic (exact) mass is 812 g/mol. The van der Waals surface area contributed by atoms with Gasteiger partial charge in [-0.15, -0.1) is 0 Å². The average Bonchev–Trinajstić information content (AvgIpc) is 3.32. The van der Waals surface area contributed by atoms with Gasteiger partial charge in [-0.25, -0.2) is 13.1 Å².